The Balaban J connectivity index is 0.00000386. The van der Waals surface area contributed by atoms with Gasteiger partial charge in [-0.15, -0.1) is 35.7 Å². The van der Waals surface area contributed by atoms with Crippen LogP contribution in [0.2, 0.25) is 0 Å². The first-order valence-electron chi connectivity index (χ1n) is 16.6. The van der Waals surface area contributed by atoms with Gasteiger partial charge in [0, 0.05) is 46.5 Å². The van der Waals surface area contributed by atoms with Crippen molar-refractivity contribution in [2.75, 3.05) is 0 Å². The number of pyridine rings is 1. The Morgan fingerprint density at radius 3 is 2.49 bits per heavy atom. The predicted molar refractivity (Wildman–Crippen MR) is 183 cm³/mol. The second-order valence-corrected chi connectivity index (χ2v) is 12.1. The molecule has 0 radical (unpaired) electrons. The minimum Gasteiger partial charge on any atom is -0.509 e. The first-order valence-corrected chi connectivity index (χ1v) is 16.6. The number of aromatic nitrogens is 4. The number of ether oxygens (including phenoxy) is 1. The number of hydrogen-bond donors (Lipinski definition) is 0. The van der Waals surface area contributed by atoms with E-state index in [9.17, 15) is 4.39 Å². The van der Waals surface area contributed by atoms with Gasteiger partial charge in [-0.25, -0.2) is 9.37 Å². The summed E-state index contributed by atoms with van der Waals surface area (Å²) in [5.74, 6) is 2.32. The number of hydrogen-bond acceptors (Lipinski definition) is 3. The number of aryl methyl sites for hydroxylation is 1. The summed E-state index contributed by atoms with van der Waals surface area (Å²) >= 11 is 0. The van der Waals surface area contributed by atoms with Crippen LogP contribution in [0.3, 0.4) is 0 Å². The molecule has 1 unspecified atom stereocenters. The molecule has 2 atom stereocenters. The summed E-state index contributed by atoms with van der Waals surface area (Å²) in [6.07, 6.45) is 10.4. The Bertz CT molecular complexity index is 2080. The minimum absolute atomic E-state index is 0. The van der Waals surface area contributed by atoms with Gasteiger partial charge in [0.2, 0.25) is 0 Å². The van der Waals surface area contributed by atoms with E-state index in [4.69, 9.17) is 9.84 Å². The first kappa shape index (κ1) is 32.9. The average Bonchev–Trinajstić information content (AvgIpc) is 3.63. The van der Waals surface area contributed by atoms with Crippen LogP contribution in [-0.2, 0) is 33.9 Å². The maximum atomic E-state index is 14.3. The summed E-state index contributed by atoms with van der Waals surface area (Å²) in [6, 6.07) is 27.7. The van der Waals surface area contributed by atoms with Gasteiger partial charge in [0.05, 0.1) is 5.69 Å². The van der Waals surface area contributed by atoms with Gasteiger partial charge in [-0.2, -0.15) is 17.2 Å². The molecule has 7 heteroatoms. The van der Waals surface area contributed by atoms with Crippen molar-refractivity contribution in [1.82, 2.24) is 19.3 Å². The quantitative estimate of drug-likeness (QED) is 0.108. The molecule has 0 amide bonds. The molecular weight excluding hydrogens is 767 g/mol. The Labute approximate surface area is 290 Å². The van der Waals surface area contributed by atoms with Crippen molar-refractivity contribution in [2.24, 2.45) is 5.92 Å². The number of para-hydroxylation sites is 1. The number of halogens is 1. The number of benzene rings is 3. The largest absolute Gasteiger partial charge is 2.00 e. The molecule has 47 heavy (non-hydrogen) atoms. The molecule has 0 saturated heterocycles. The monoisotopic (exact) mass is 805 g/mol. The van der Waals surface area contributed by atoms with Crippen LogP contribution >= 0.6 is 0 Å². The average molecular weight is 806 g/mol. The van der Waals surface area contributed by atoms with Crippen LogP contribution in [0.25, 0.3) is 33.3 Å². The molecule has 7 rings (SSSR count). The van der Waals surface area contributed by atoms with Gasteiger partial charge in [-0.1, -0.05) is 69.5 Å². The van der Waals surface area contributed by atoms with Gasteiger partial charge >= 0.3 is 21.1 Å². The smallest absolute Gasteiger partial charge is 0.509 e. The summed E-state index contributed by atoms with van der Waals surface area (Å²) < 4.78 is 24.7. The summed E-state index contributed by atoms with van der Waals surface area (Å²) in [4.78, 5) is 4.47. The van der Waals surface area contributed by atoms with Crippen LogP contribution in [-0.4, -0.2) is 19.3 Å². The molecule has 0 fully saturated rings. The molecule has 0 N–H and O–H groups in total. The first-order chi connectivity index (χ1) is 22.5. The molecule has 3 aromatic carbocycles. The van der Waals surface area contributed by atoms with E-state index in [2.05, 4.69) is 67.7 Å². The standard InChI is InChI=1S/C40H39FN4O.Pt/c1-5-26-13-11-14-27(6-2)39(26)40-34(7-3)43-45(35(40)8-4)29-15-12-16-30(24-29)46-31-19-20-33-32-17-9-10-18-36(32)44(37(33)25-31)38-23-28(41)21-22-42-38;/h9-10,12-13,15-23,27,39H,5-8,11,14H2,1-4H3;/q-2;+2/t27-,39?;/m0./s1. The molecule has 242 valence electrons. The molecule has 0 spiro atoms. The second-order valence-electron chi connectivity index (χ2n) is 12.1. The Morgan fingerprint density at radius 2 is 1.72 bits per heavy atom. The van der Waals surface area contributed by atoms with Crippen LogP contribution in [0.15, 0.2) is 84.6 Å². The van der Waals surface area contributed by atoms with Gasteiger partial charge < -0.3 is 9.30 Å². The normalized spacial score (nSPS) is 16.3. The van der Waals surface area contributed by atoms with Crippen molar-refractivity contribution in [1.29, 1.82) is 0 Å². The van der Waals surface area contributed by atoms with Crippen LogP contribution in [0, 0.1) is 23.9 Å². The van der Waals surface area contributed by atoms with Gasteiger partial charge in [0.1, 0.15) is 11.6 Å². The third-order valence-electron chi connectivity index (χ3n) is 9.52. The summed E-state index contributed by atoms with van der Waals surface area (Å²) in [5, 5.41) is 7.23. The van der Waals surface area contributed by atoms with Crippen molar-refractivity contribution in [3.8, 4) is 23.0 Å². The SMILES string of the molecule is CCC1=CCC[C@H](CC)C1c1c(CC)nn(-c2[c-]c(Oc3[c-]c4c(cc3)c3ccccc3n4-c3cc(F)ccn3)ccc2)c1CC.[Pt+2]. The van der Waals surface area contributed by atoms with E-state index in [1.54, 1.807) is 5.57 Å². The Kier molecular flexibility index (Phi) is 9.79. The number of fused-ring (bicyclic) bond motifs is 3. The topological polar surface area (TPSA) is 44.9 Å². The van der Waals surface area contributed by atoms with Crippen molar-refractivity contribution in [2.45, 2.75) is 72.1 Å². The maximum Gasteiger partial charge on any atom is 2.00 e. The molecule has 1 aliphatic rings. The zero-order valence-corrected chi connectivity index (χ0v) is 29.6. The fourth-order valence-electron chi connectivity index (χ4n) is 7.40. The second kappa shape index (κ2) is 14.0. The van der Waals surface area contributed by atoms with Gasteiger partial charge in [-0.3, -0.25) is 4.68 Å². The summed E-state index contributed by atoms with van der Waals surface area (Å²) in [6.45, 7) is 9.06. The Hall–Kier alpha value is -4.02. The van der Waals surface area contributed by atoms with Crippen LogP contribution < -0.4 is 4.74 Å². The molecule has 6 aromatic rings. The predicted octanol–water partition coefficient (Wildman–Crippen LogP) is 10.3. The molecule has 0 saturated carbocycles. The van der Waals surface area contributed by atoms with Crippen molar-refractivity contribution in [3.63, 3.8) is 0 Å². The van der Waals surface area contributed by atoms with E-state index in [-0.39, 0.29) is 26.9 Å². The van der Waals surface area contributed by atoms with Gasteiger partial charge in [-0.05, 0) is 61.2 Å². The van der Waals surface area contributed by atoms with E-state index < -0.39 is 0 Å². The van der Waals surface area contributed by atoms with Crippen molar-refractivity contribution >= 4 is 21.8 Å². The zero-order valence-electron chi connectivity index (χ0n) is 27.3. The summed E-state index contributed by atoms with van der Waals surface area (Å²) in [5.41, 5.74) is 7.97. The molecular formula is C40H39FN4OPt. The number of nitrogens with zero attached hydrogens (tertiary/aromatic N) is 4. The number of allylic oxidation sites excluding steroid dienone is 2. The van der Waals surface area contributed by atoms with E-state index in [1.807, 2.05) is 47.0 Å². The molecule has 1 aliphatic carbocycles. The van der Waals surface area contributed by atoms with Gasteiger partial charge in [0.15, 0.2) is 0 Å². The molecule has 0 bridgehead atoms. The fourth-order valence-corrected chi connectivity index (χ4v) is 7.40. The molecule has 0 aliphatic heterocycles. The summed E-state index contributed by atoms with van der Waals surface area (Å²) in [7, 11) is 0. The zero-order chi connectivity index (χ0) is 31.8. The molecule has 3 aromatic heterocycles. The van der Waals surface area contributed by atoms with Crippen LogP contribution in [0.1, 0.15) is 76.2 Å². The third kappa shape index (κ3) is 5.97. The maximum absolute atomic E-state index is 14.3. The van der Waals surface area contributed by atoms with E-state index in [0.29, 0.717) is 29.2 Å². The molecule has 5 nitrogen and oxygen atoms in total. The van der Waals surface area contributed by atoms with Crippen molar-refractivity contribution < 1.29 is 30.2 Å². The van der Waals surface area contributed by atoms with Crippen LogP contribution in [0.5, 0.6) is 11.5 Å². The number of rotatable bonds is 9. The van der Waals surface area contributed by atoms with Crippen molar-refractivity contribution in [3.05, 3.63) is 119 Å². The van der Waals surface area contributed by atoms with E-state index in [1.165, 1.54) is 54.5 Å². The van der Waals surface area contributed by atoms with Gasteiger partial charge in [0.25, 0.3) is 0 Å². The minimum atomic E-state index is -0.343. The van der Waals surface area contributed by atoms with Crippen LogP contribution in [0.4, 0.5) is 4.39 Å². The third-order valence-corrected chi connectivity index (χ3v) is 9.52. The fraction of sp³-hybridized carbons (Fsp3) is 0.300. The Morgan fingerprint density at radius 1 is 0.894 bits per heavy atom. The van der Waals surface area contributed by atoms with E-state index in [0.717, 1.165) is 46.8 Å². The molecule has 3 heterocycles. The van der Waals surface area contributed by atoms with E-state index >= 15 is 0 Å².